The van der Waals surface area contributed by atoms with Gasteiger partial charge in [-0.05, 0) is 24.6 Å². The van der Waals surface area contributed by atoms with Gasteiger partial charge in [-0.1, -0.05) is 24.6 Å². The Labute approximate surface area is 130 Å². The van der Waals surface area contributed by atoms with Crippen molar-refractivity contribution < 1.29 is 14.6 Å². The van der Waals surface area contributed by atoms with Gasteiger partial charge in [0.25, 0.3) is 0 Å². The summed E-state index contributed by atoms with van der Waals surface area (Å²) in [7, 11) is 0. The number of amides is 1. The van der Waals surface area contributed by atoms with E-state index in [1.165, 1.54) is 0 Å². The summed E-state index contributed by atoms with van der Waals surface area (Å²) in [6, 6.07) is 7.02. The van der Waals surface area contributed by atoms with E-state index in [9.17, 15) is 9.90 Å². The van der Waals surface area contributed by atoms with Gasteiger partial charge in [0, 0.05) is 31.1 Å². The van der Waals surface area contributed by atoms with E-state index in [0.717, 1.165) is 6.42 Å². The molecule has 0 radical (unpaired) electrons. The van der Waals surface area contributed by atoms with Crippen molar-refractivity contribution >= 4 is 17.5 Å². The summed E-state index contributed by atoms with van der Waals surface area (Å²) >= 11 is 5.84. The lowest BCUT2D eigenvalue weighted by Gasteiger charge is -2.13. The largest absolute Gasteiger partial charge is 0.491 e. The molecule has 0 aromatic heterocycles. The predicted octanol–water partition coefficient (Wildman–Crippen LogP) is 1.59. The van der Waals surface area contributed by atoms with E-state index in [1.807, 2.05) is 6.92 Å². The quantitative estimate of drug-likeness (QED) is 0.574. The topological polar surface area (TPSA) is 70.6 Å². The van der Waals surface area contributed by atoms with Gasteiger partial charge in [-0.15, -0.1) is 0 Å². The van der Waals surface area contributed by atoms with Gasteiger partial charge in [-0.2, -0.15) is 0 Å². The lowest BCUT2D eigenvalue weighted by Crippen LogP contribution is -2.34. The van der Waals surface area contributed by atoms with E-state index in [1.54, 1.807) is 24.3 Å². The highest BCUT2D eigenvalue weighted by atomic mass is 35.5. The van der Waals surface area contributed by atoms with Gasteiger partial charge in [0.1, 0.15) is 18.5 Å². The molecule has 0 spiro atoms. The molecule has 5 nitrogen and oxygen atoms in total. The maximum atomic E-state index is 11.3. The molecule has 0 aliphatic carbocycles. The van der Waals surface area contributed by atoms with Crippen LogP contribution in [0.4, 0.5) is 0 Å². The monoisotopic (exact) mass is 314 g/mol. The van der Waals surface area contributed by atoms with E-state index < -0.39 is 6.10 Å². The first kappa shape index (κ1) is 17.8. The minimum absolute atomic E-state index is 0.0222. The standard InChI is InChI=1S/C15H23ClN2O3/c1-2-7-18-15(20)6-8-17-10-13(19)11-21-14-5-3-4-12(16)9-14/h3-5,9,13,17,19H,2,6-8,10-11H2,1H3,(H,18,20). The Morgan fingerprint density at radius 2 is 2.24 bits per heavy atom. The maximum absolute atomic E-state index is 11.3. The van der Waals surface area contributed by atoms with Crippen molar-refractivity contribution in [1.29, 1.82) is 0 Å². The minimum Gasteiger partial charge on any atom is -0.491 e. The van der Waals surface area contributed by atoms with Crippen molar-refractivity contribution in [2.75, 3.05) is 26.2 Å². The van der Waals surface area contributed by atoms with Crippen LogP contribution < -0.4 is 15.4 Å². The Kier molecular flexibility index (Phi) is 8.82. The third-order valence-electron chi connectivity index (χ3n) is 2.72. The van der Waals surface area contributed by atoms with Crippen molar-refractivity contribution in [2.24, 2.45) is 0 Å². The average molecular weight is 315 g/mol. The SMILES string of the molecule is CCCNC(=O)CCNCC(O)COc1cccc(Cl)c1. The number of hydrogen-bond acceptors (Lipinski definition) is 4. The Morgan fingerprint density at radius 3 is 2.95 bits per heavy atom. The zero-order chi connectivity index (χ0) is 15.5. The van der Waals surface area contributed by atoms with Crippen LogP contribution in [0.3, 0.4) is 0 Å². The fourth-order valence-electron chi connectivity index (χ4n) is 1.63. The lowest BCUT2D eigenvalue weighted by molar-refractivity contribution is -0.121. The van der Waals surface area contributed by atoms with Crippen molar-refractivity contribution in [3.05, 3.63) is 29.3 Å². The number of ether oxygens (including phenoxy) is 1. The number of benzene rings is 1. The van der Waals surface area contributed by atoms with Crippen molar-refractivity contribution in [2.45, 2.75) is 25.9 Å². The number of aliphatic hydroxyl groups is 1. The van der Waals surface area contributed by atoms with Crippen LogP contribution in [-0.4, -0.2) is 43.4 Å². The van der Waals surface area contributed by atoms with Gasteiger partial charge in [0.2, 0.25) is 5.91 Å². The second-order valence-corrected chi connectivity index (χ2v) is 5.16. The van der Waals surface area contributed by atoms with Crippen LogP contribution in [-0.2, 0) is 4.79 Å². The molecule has 1 atom stereocenters. The zero-order valence-electron chi connectivity index (χ0n) is 12.3. The second kappa shape index (κ2) is 10.4. The number of carbonyl (C=O) groups excluding carboxylic acids is 1. The highest BCUT2D eigenvalue weighted by Gasteiger charge is 2.06. The summed E-state index contributed by atoms with van der Waals surface area (Å²) in [6.07, 6.45) is 0.698. The Bertz CT molecular complexity index is 429. The number of carbonyl (C=O) groups is 1. The highest BCUT2D eigenvalue weighted by Crippen LogP contribution is 2.17. The van der Waals surface area contributed by atoms with Crippen LogP contribution in [0.5, 0.6) is 5.75 Å². The van der Waals surface area contributed by atoms with E-state index >= 15 is 0 Å². The van der Waals surface area contributed by atoms with E-state index in [-0.39, 0.29) is 12.5 Å². The van der Waals surface area contributed by atoms with Gasteiger partial charge >= 0.3 is 0 Å². The summed E-state index contributed by atoms with van der Waals surface area (Å²) < 4.78 is 5.43. The van der Waals surface area contributed by atoms with Crippen LogP contribution in [0.25, 0.3) is 0 Å². The summed E-state index contributed by atoms with van der Waals surface area (Å²) in [6.45, 7) is 3.80. The molecule has 0 bridgehead atoms. The molecular formula is C15H23ClN2O3. The van der Waals surface area contributed by atoms with E-state index in [0.29, 0.717) is 36.8 Å². The average Bonchev–Trinajstić information content (AvgIpc) is 2.47. The fourth-order valence-corrected chi connectivity index (χ4v) is 1.81. The summed E-state index contributed by atoms with van der Waals surface area (Å²) in [5.74, 6) is 0.648. The minimum atomic E-state index is -0.636. The molecule has 1 aromatic rings. The molecular weight excluding hydrogens is 292 g/mol. The Hall–Kier alpha value is -1.30. The number of rotatable bonds is 10. The van der Waals surface area contributed by atoms with Gasteiger partial charge in [-0.25, -0.2) is 0 Å². The molecule has 1 aromatic carbocycles. The first-order valence-electron chi connectivity index (χ1n) is 7.15. The molecule has 1 unspecified atom stereocenters. The molecule has 1 amide bonds. The van der Waals surface area contributed by atoms with Crippen LogP contribution in [0.1, 0.15) is 19.8 Å². The number of nitrogens with one attached hydrogen (secondary N) is 2. The first-order valence-corrected chi connectivity index (χ1v) is 7.53. The maximum Gasteiger partial charge on any atom is 0.221 e. The van der Waals surface area contributed by atoms with Crippen LogP contribution >= 0.6 is 11.6 Å². The van der Waals surface area contributed by atoms with Crippen molar-refractivity contribution in [3.63, 3.8) is 0 Å². The van der Waals surface area contributed by atoms with Gasteiger partial charge in [0.15, 0.2) is 0 Å². The van der Waals surface area contributed by atoms with E-state index in [4.69, 9.17) is 16.3 Å². The lowest BCUT2D eigenvalue weighted by atomic mass is 10.3. The van der Waals surface area contributed by atoms with Gasteiger partial charge in [-0.3, -0.25) is 4.79 Å². The molecule has 0 saturated heterocycles. The molecule has 0 fully saturated rings. The number of hydrogen-bond donors (Lipinski definition) is 3. The number of halogens is 1. The molecule has 0 aliphatic rings. The third kappa shape index (κ3) is 8.55. The Balaban J connectivity index is 2.08. The van der Waals surface area contributed by atoms with Crippen LogP contribution in [0.15, 0.2) is 24.3 Å². The second-order valence-electron chi connectivity index (χ2n) is 4.73. The molecule has 3 N–H and O–H groups in total. The molecule has 1 rings (SSSR count). The molecule has 21 heavy (non-hydrogen) atoms. The third-order valence-corrected chi connectivity index (χ3v) is 2.95. The summed E-state index contributed by atoms with van der Waals surface area (Å²) in [5.41, 5.74) is 0. The predicted molar refractivity (Wildman–Crippen MR) is 83.7 cm³/mol. The molecule has 6 heteroatoms. The van der Waals surface area contributed by atoms with Gasteiger partial charge < -0.3 is 20.5 Å². The zero-order valence-corrected chi connectivity index (χ0v) is 13.0. The summed E-state index contributed by atoms with van der Waals surface area (Å²) in [4.78, 5) is 11.3. The molecule has 0 saturated carbocycles. The fraction of sp³-hybridized carbons (Fsp3) is 0.533. The highest BCUT2D eigenvalue weighted by molar-refractivity contribution is 6.30. The summed E-state index contributed by atoms with van der Waals surface area (Å²) in [5, 5.41) is 16.2. The van der Waals surface area contributed by atoms with Crippen molar-refractivity contribution in [3.8, 4) is 5.75 Å². The molecule has 0 heterocycles. The van der Waals surface area contributed by atoms with E-state index in [2.05, 4.69) is 10.6 Å². The number of aliphatic hydroxyl groups excluding tert-OH is 1. The normalized spacial score (nSPS) is 12.0. The Morgan fingerprint density at radius 1 is 1.43 bits per heavy atom. The smallest absolute Gasteiger partial charge is 0.221 e. The molecule has 118 valence electrons. The van der Waals surface area contributed by atoms with Crippen LogP contribution in [0.2, 0.25) is 5.02 Å². The first-order chi connectivity index (χ1) is 10.1. The van der Waals surface area contributed by atoms with Gasteiger partial charge in [0.05, 0.1) is 0 Å². The molecule has 0 aliphatic heterocycles. The van der Waals surface area contributed by atoms with Crippen LogP contribution in [0, 0.1) is 0 Å². The van der Waals surface area contributed by atoms with Crippen molar-refractivity contribution in [1.82, 2.24) is 10.6 Å².